The molecule has 4 nitrogen and oxygen atoms in total. The molecule has 0 bridgehead atoms. The molecule has 1 aliphatic carbocycles. The molecule has 1 saturated carbocycles. The maximum atomic E-state index is 9.50. The van der Waals surface area contributed by atoms with E-state index < -0.39 is 0 Å². The monoisotopic (exact) mass is 267 g/mol. The summed E-state index contributed by atoms with van der Waals surface area (Å²) in [4.78, 5) is 0. The third kappa shape index (κ3) is 1.51. The van der Waals surface area contributed by atoms with E-state index in [1.807, 2.05) is 10.7 Å². The average Bonchev–Trinajstić information content (AvgIpc) is 2.93. The minimum absolute atomic E-state index is 0.209. The molecule has 0 spiro atoms. The first-order chi connectivity index (χ1) is 7.25. The van der Waals surface area contributed by atoms with E-state index in [-0.39, 0.29) is 5.75 Å². The van der Waals surface area contributed by atoms with Gasteiger partial charge < -0.3 is 5.11 Å². The van der Waals surface area contributed by atoms with Crippen molar-refractivity contribution >= 4 is 27.0 Å². The molecule has 0 amide bonds. The normalized spacial score (nSPS) is 16.1. The van der Waals surface area contributed by atoms with Crippen molar-refractivity contribution in [3.8, 4) is 5.75 Å². The Bertz CT molecular complexity index is 519. The van der Waals surface area contributed by atoms with Gasteiger partial charge in [0, 0.05) is 6.54 Å². The van der Waals surface area contributed by atoms with Crippen LogP contribution in [-0.4, -0.2) is 20.1 Å². The van der Waals surface area contributed by atoms with E-state index in [2.05, 4.69) is 26.2 Å². The van der Waals surface area contributed by atoms with Gasteiger partial charge in [-0.3, -0.25) is 0 Å². The van der Waals surface area contributed by atoms with Crippen LogP contribution in [0.1, 0.15) is 12.8 Å². The molecule has 15 heavy (non-hydrogen) atoms. The van der Waals surface area contributed by atoms with E-state index in [9.17, 15) is 5.11 Å². The van der Waals surface area contributed by atoms with Gasteiger partial charge in [0.05, 0.1) is 9.99 Å². The number of aromatic hydroxyl groups is 1. The first-order valence-electron chi connectivity index (χ1n) is 4.96. The summed E-state index contributed by atoms with van der Waals surface area (Å²) in [6.07, 6.45) is 2.58. The quantitative estimate of drug-likeness (QED) is 0.909. The van der Waals surface area contributed by atoms with Gasteiger partial charge in [0.25, 0.3) is 0 Å². The zero-order chi connectivity index (χ0) is 10.4. The smallest absolute Gasteiger partial charge is 0.132 e. The van der Waals surface area contributed by atoms with Gasteiger partial charge in [0.15, 0.2) is 0 Å². The lowest BCUT2D eigenvalue weighted by Gasteiger charge is -2.00. The lowest BCUT2D eigenvalue weighted by molar-refractivity contribution is 0.473. The second-order valence-electron chi connectivity index (χ2n) is 3.98. The van der Waals surface area contributed by atoms with E-state index in [1.54, 1.807) is 6.07 Å². The summed E-state index contributed by atoms with van der Waals surface area (Å²) in [7, 11) is 0. The largest absolute Gasteiger partial charge is 0.507 e. The molecular formula is C10H10BrN3O. The molecule has 2 aromatic rings. The van der Waals surface area contributed by atoms with Crippen LogP contribution in [-0.2, 0) is 6.54 Å². The first kappa shape index (κ1) is 9.15. The van der Waals surface area contributed by atoms with Crippen molar-refractivity contribution in [1.82, 2.24) is 15.0 Å². The maximum Gasteiger partial charge on any atom is 0.132 e. The lowest BCUT2D eigenvalue weighted by Crippen LogP contribution is -2.01. The van der Waals surface area contributed by atoms with Crippen LogP contribution < -0.4 is 0 Å². The summed E-state index contributed by atoms with van der Waals surface area (Å²) in [5, 5.41) is 17.7. The fourth-order valence-corrected chi connectivity index (χ4v) is 2.09. The number of hydrogen-bond acceptors (Lipinski definition) is 3. The first-order valence-corrected chi connectivity index (χ1v) is 5.75. The number of hydrogen-bond donors (Lipinski definition) is 1. The average molecular weight is 268 g/mol. The molecule has 1 fully saturated rings. The zero-order valence-electron chi connectivity index (χ0n) is 8.02. The number of phenols is 1. The Morgan fingerprint density at radius 3 is 3.00 bits per heavy atom. The summed E-state index contributed by atoms with van der Waals surface area (Å²) in [5.41, 5.74) is 1.71. The second kappa shape index (κ2) is 3.20. The third-order valence-electron chi connectivity index (χ3n) is 2.73. The van der Waals surface area contributed by atoms with Crippen molar-refractivity contribution in [2.24, 2.45) is 5.92 Å². The molecule has 0 aliphatic heterocycles. The number of fused-ring (bicyclic) bond motifs is 1. The van der Waals surface area contributed by atoms with Crippen molar-refractivity contribution in [2.45, 2.75) is 19.4 Å². The van der Waals surface area contributed by atoms with Crippen molar-refractivity contribution in [2.75, 3.05) is 0 Å². The topological polar surface area (TPSA) is 50.9 Å². The van der Waals surface area contributed by atoms with Gasteiger partial charge in [0.1, 0.15) is 11.3 Å². The van der Waals surface area contributed by atoms with Gasteiger partial charge in [-0.2, -0.15) is 0 Å². The number of nitrogens with zero attached hydrogens (tertiary/aromatic N) is 3. The lowest BCUT2D eigenvalue weighted by atomic mass is 10.3. The van der Waals surface area contributed by atoms with Crippen molar-refractivity contribution in [3.05, 3.63) is 16.6 Å². The van der Waals surface area contributed by atoms with E-state index in [1.165, 1.54) is 12.8 Å². The maximum absolute atomic E-state index is 9.50. The van der Waals surface area contributed by atoms with Crippen LogP contribution >= 0.6 is 15.9 Å². The number of rotatable bonds is 2. The molecule has 0 unspecified atom stereocenters. The molecular weight excluding hydrogens is 258 g/mol. The molecule has 1 aromatic carbocycles. The minimum Gasteiger partial charge on any atom is -0.507 e. The van der Waals surface area contributed by atoms with Crippen LogP contribution in [0, 0.1) is 5.92 Å². The highest BCUT2D eigenvalue weighted by Gasteiger charge is 2.23. The Hall–Kier alpha value is -1.10. The Kier molecular flexibility index (Phi) is 1.95. The Morgan fingerprint density at radius 2 is 2.27 bits per heavy atom. The summed E-state index contributed by atoms with van der Waals surface area (Å²) in [6, 6.07) is 3.52. The van der Waals surface area contributed by atoms with Crippen molar-refractivity contribution in [3.63, 3.8) is 0 Å². The molecule has 78 valence electrons. The van der Waals surface area contributed by atoms with Crippen LogP contribution in [0.15, 0.2) is 16.6 Å². The second-order valence-corrected chi connectivity index (χ2v) is 4.77. The summed E-state index contributed by atoms with van der Waals surface area (Å²) < 4.78 is 2.54. The third-order valence-corrected chi connectivity index (χ3v) is 3.52. The van der Waals surface area contributed by atoms with Gasteiger partial charge >= 0.3 is 0 Å². The van der Waals surface area contributed by atoms with Crippen LogP contribution in [0.2, 0.25) is 0 Å². The molecule has 1 N–H and O–H groups in total. The van der Waals surface area contributed by atoms with Gasteiger partial charge in [-0.25, -0.2) is 4.68 Å². The van der Waals surface area contributed by atoms with Crippen LogP contribution in [0.25, 0.3) is 11.0 Å². The number of benzene rings is 1. The highest BCUT2D eigenvalue weighted by Crippen LogP contribution is 2.34. The Labute approximate surface area is 95.0 Å². The van der Waals surface area contributed by atoms with E-state index in [0.29, 0.717) is 4.47 Å². The molecule has 3 rings (SSSR count). The highest BCUT2D eigenvalue weighted by molar-refractivity contribution is 9.10. The molecule has 1 heterocycles. The SMILES string of the molecule is Oc1ccc2c(nnn2CC2CC2)c1Br. The van der Waals surface area contributed by atoms with Crippen molar-refractivity contribution in [1.29, 1.82) is 0 Å². The number of phenolic OH excluding ortho intramolecular Hbond substituents is 1. The molecule has 0 saturated heterocycles. The fourth-order valence-electron chi connectivity index (χ4n) is 1.67. The van der Waals surface area contributed by atoms with Crippen LogP contribution in [0.5, 0.6) is 5.75 Å². The zero-order valence-corrected chi connectivity index (χ0v) is 9.61. The molecule has 1 aliphatic rings. The van der Waals surface area contributed by atoms with Crippen LogP contribution in [0.3, 0.4) is 0 Å². The fraction of sp³-hybridized carbons (Fsp3) is 0.400. The van der Waals surface area contributed by atoms with Gasteiger partial charge in [-0.05, 0) is 46.8 Å². The Balaban J connectivity index is 2.12. The minimum atomic E-state index is 0.209. The standard InChI is InChI=1S/C10H10BrN3O/c11-9-8(15)4-3-7-10(9)12-13-14(7)5-6-1-2-6/h3-4,6,15H,1-2,5H2. The number of halogens is 1. The van der Waals surface area contributed by atoms with E-state index in [0.717, 1.165) is 23.5 Å². The Morgan fingerprint density at radius 1 is 1.47 bits per heavy atom. The summed E-state index contributed by atoms with van der Waals surface area (Å²) in [5.74, 6) is 0.975. The molecule has 0 atom stereocenters. The van der Waals surface area contributed by atoms with Gasteiger partial charge in [-0.15, -0.1) is 5.10 Å². The summed E-state index contributed by atoms with van der Waals surface area (Å²) >= 11 is 3.31. The van der Waals surface area contributed by atoms with E-state index >= 15 is 0 Å². The van der Waals surface area contributed by atoms with Crippen molar-refractivity contribution < 1.29 is 5.11 Å². The van der Waals surface area contributed by atoms with Gasteiger partial charge in [-0.1, -0.05) is 5.21 Å². The van der Waals surface area contributed by atoms with Gasteiger partial charge in [0.2, 0.25) is 0 Å². The summed E-state index contributed by atoms with van der Waals surface area (Å²) in [6.45, 7) is 0.938. The molecule has 1 aromatic heterocycles. The predicted molar refractivity (Wildman–Crippen MR) is 59.6 cm³/mol. The van der Waals surface area contributed by atoms with E-state index in [4.69, 9.17) is 0 Å². The number of aromatic nitrogens is 3. The molecule has 0 radical (unpaired) electrons. The highest BCUT2D eigenvalue weighted by atomic mass is 79.9. The predicted octanol–water partition coefficient (Wildman–Crippen LogP) is 2.31. The van der Waals surface area contributed by atoms with Crippen LogP contribution in [0.4, 0.5) is 0 Å². The molecule has 5 heteroatoms.